The minimum Gasteiger partial charge on any atom is -0.493 e. The van der Waals surface area contributed by atoms with Crippen LogP contribution >= 0.6 is 0 Å². The predicted molar refractivity (Wildman–Crippen MR) is 107 cm³/mol. The van der Waals surface area contributed by atoms with Crippen molar-refractivity contribution >= 4 is 25.5 Å². The summed E-state index contributed by atoms with van der Waals surface area (Å²) in [6.45, 7) is -0.180. The lowest BCUT2D eigenvalue weighted by atomic mass is 10.2. The van der Waals surface area contributed by atoms with E-state index in [0.29, 0.717) is 17.7 Å². The lowest BCUT2D eigenvalue weighted by Crippen LogP contribution is -2.25. The Labute approximate surface area is 179 Å². The topological polar surface area (TPSA) is 140 Å². The number of sulfone groups is 1. The molecule has 1 aromatic carbocycles. The molecule has 0 spiro atoms. The maximum atomic E-state index is 12.7. The number of sulfonamides is 1. The summed E-state index contributed by atoms with van der Waals surface area (Å²) in [4.78, 5) is 15.5. The van der Waals surface area contributed by atoms with Gasteiger partial charge in [-0.2, -0.15) is 13.2 Å². The lowest BCUT2D eigenvalue weighted by Gasteiger charge is -2.10. The van der Waals surface area contributed by atoms with E-state index in [-0.39, 0.29) is 17.9 Å². The molecule has 0 atom stereocenters. The minimum absolute atomic E-state index is 0.0865. The maximum absolute atomic E-state index is 12.7. The number of imidazole rings is 1. The standard InChI is InChI=1S/C17H15F3N4O6S2/c1-31(27,28)22-14-8-21-7-6-11(14)9-23-10-15(25)24(16(23)26)12-2-4-13(5-3-12)32(29,30)17(18,19)20/h2-8,10,22,25H,9H2,1H3. The number of benzene rings is 1. The van der Waals surface area contributed by atoms with Gasteiger partial charge in [0.25, 0.3) is 9.84 Å². The molecule has 3 aromatic rings. The summed E-state index contributed by atoms with van der Waals surface area (Å²) in [5, 5.41) is 10.2. The summed E-state index contributed by atoms with van der Waals surface area (Å²) in [5.74, 6) is -0.576. The molecule has 0 aliphatic carbocycles. The number of alkyl halides is 3. The third-order valence-electron chi connectivity index (χ3n) is 4.19. The zero-order chi connectivity index (χ0) is 23.9. The number of pyridine rings is 1. The van der Waals surface area contributed by atoms with Crippen molar-refractivity contribution in [2.75, 3.05) is 11.0 Å². The summed E-state index contributed by atoms with van der Waals surface area (Å²) in [5.41, 5.74) is -5.93. The van der Waals surface area contributed by atoms with E-state index in [1.165, 1.54) is 18.5 Å². The highest BCUT2D eigenvalue weighted by Crippen LogP contribution is 2.30. The number of hydrogen-bond donors (Lipinski definition) is 2. The lowest BCUT2D eigenvalue weighted by molar-refractivity contribution is -0.0436. The molecule has 0 fully saturated rings. The van der Waals surface area contributed by atoms with E-state index in [0.717, 1.165) is 33.7 Å². The number of aromatic hydroxyl groups is 1. The Bertz CT molecular complexity index is 1430. The fraction of sp³-hybridized carbons (Fsp3) is 0.176. The summed E-state index contributed by atoms with van der Waals surface area (Å²) < 4.78 is 88.0. The van der Waals surface area contributed by atoms with Crippen LogP contribution in [0, 0.1) is 0 Å². The van der Waals surface area contributed by atoms with Crippen molar-refractivity contribution < 1.29 is 35.1 Å². The molecule has 0 saturated heterocycles. The van der Waals surface area contributed by atoms with Crippen molar-refractivity contribution in [3.8, 4) is 11.6 Å². The highest BCUT2D eigenvalue weighted by molar-refractivity contribution is 7.92. The molecule has 32 heavy (non-hydrogen) atoms. The fourth-order valence-corrected chi connectivity index (χ4v) is 4.12. The van der Waals surface area contributed by atoms with Crippen LogP contribution in [-0.2, 0) is 26.4 Å². The molecule has 0 radical (unpaired) electrons. The van der Waals surface area contributed by atoms with Crippen molar-refractivity contribution in [3.63, 3.8) is 0 Å². The highest BCUT2D eigenvalue weighted by Gasteiger charge is 2.46. The van der Waals surface area contributed by atoms with Gasteiger partial charge in [0.15, 0.2) is 0 Å². The highest BCUT2D eigenvalue weighted by atomic mass is 32.2. The van der Waals surface area contributed by atoms with E-state index >= 15 is 0 Å². The second-order valence-corrected chi connectivity index (χ2v) is 10.3. The van der Waals surface area contributed by atoms with Gasteiger partial charge in [0.1, 0.15) is 0 Å². The van der Waals surface area contributed by atoms with Crippen molar-refractivity contribution in [1.29, 1.82) is 0 Å². The third kappa shape index (κ3) is 4.62. The zero-order valence-electron chi connectivity index (χ0n) is 16.1. The van der Waals surface area contributed by atoms with Gasteiger partial charge in [0, 0.05) is 6.20 Å². The van der Waals surface area contributed by atoms with E-state index in [1.807, 2.05) is 0 Å². The SMILES string of the molecule is CS(=O)(=O)Nc1cnccc1Cn1cc(O)n(-c2ccc(S(=O)(=O)C(F)(F)F)cc2)c1=O. The molecule has 0 amide bonds. The molecule has 10 nitrogen and oxygen atoms in total. The Morgan fingerprint density at radius 2 is 1.72 bits per heavy atom. The molecule has 0 bridgehead atoms. The van der Waals surface area contributed by atoms with Gasteiger partial charge >= 0.3 is 11.2 Å². The number of nitrogens with zero attached hydrogens (tertiary/aromatic N) is 3. The number of halogens is 3. The molecular weight excluding hydrogens is 477 g/mol. The largest absolute Gasteiger partial charge is 0.501 e. The van der Waals surface area contributed by atoms with Crippen LogP contribution in [0.15, 0.2) is 58.6 Å². The molecule has 0 unspecified atom stereocenters. The molecule has 0 saturated carbocycles. The third-order valence-corrected chi connectivity index (χ3v) is 6.29. The molecule has 2 aromatic heterocycles. The van der Waals surface area contributed by atoms with Crippen LogP contribution in [0.3, 0.4) is 0 Å². The molecular formula is C17H15F3N4O6S2. The Kier molecular flexibility index (Phi) is 5.82. The normalized spacial score (nSPS) is 12.6. The molecule has 3 rings (SSSR count). The van der Waals surface area contributed by atoms with Gasteiger partial charge in [-0.05, 0) is 35.9 Å². The molecule has 2 N–H and O–H groups in total. The second kappa shape index (κ2) is 7.98. The number of hydrogen-bond acceptors (Lipinski definition) is 7. The molecule has 0 aliphatic heterocycles. The number of anilines is 1. The summed E-state index contributed by atoms with van der Waals surface area (Å²) in [6, 6.07) is 4.65. The number of nitrogens with one attached hydrogen (secondary N) is 1. The van der Waals surface area contributed by atoms with E-state index in [1.54, 1.807) is 0 Å². The summed E-state index contributed by atoms with van der Waals surface area (Å²) in [6.07, 6.45) is 4.57. The Morgan fingerprint density at radius 1 is 1.09 bits per heavy atom. The first kappa shape index (κ1) is 23.3. The van der Waals surface area contributed by atoms with E-state index in [2.05, 4.69) is 9.71 Å². The van der Waals surface area contributed by atoms with Crippen LogP contribution in [0.25, 0.3) is 5.69 Å². The molecule has 2 heterocycles. The van der Waals surface area contributed by atoms with Crippen molar-refractivity contribution in [2.45, 2.75) is 16.9 Å². The van der Waals surface area contributed by atoms with Crippen molar-refractivity contribution in [2.24, 2.45) is 0 Å². The van der Waals surface area contributed by atoms with Gasteiger partial charge in [-0.25, -0.2) is 26.2 Å². The molecule has 172 valence electrons. The van der Waals surface area contributed by atoms with Crippen LogP contribution < -0.4 is 10.4 Å². The van der Waals surface area contributed by atoms with Crippen LogP contribution in [0.1, 0.15) is 5.56 Å². The molecule has 0 aliphatic rings. The fourth-order valence-electron chi connectivity index (χ4n) is 2.78. The van der Waals surface area contributed by atoms with Crippen LogP contribution in [-0.4, -0.2) is 47.8 Å². The Balaban J connectivity index is 1.98. The monoisotopic (exact) mass is 492 g/mol. The van der Waals surface area contributed by atoms with Gasteiger partial charge in [-0.15, -0.1) is 0 Å². The second-order valence-electron chi connectivity index (χ2n) is 6.58. The Morgan fingerprint density at radius 3 is 2.28 bits per heavy atom. The van der Waals surface area contributed by atoms with Crippen LogP contribution in [0.2, 0.25) is 0 Å². The quantitative estimate of drug-likeness (QED) is 0.531. The predicted octanol–water partition coefficient (Wildman–Crippen LogP) is 1.45. The number of rotatable bonds is 6. The van der Waals surface area contributed by atoms with Gasteiger partial charge in [0.05, 0.1) is 41.5 Å². The first-order valence-corrected chi connectivity index (χ1v) is 11.9. The first-order valence-electron chi connectivity index (χ1n) is 8.54. The van der Waals surface area contributed by atoms with Crippen LogP contribution in [0.5, 0.6) is 5.88 Å². The van der Waals surface area contributed by atoms with Gasteiger partial charge in [-0.1, -0.05) is 0 Å². The maximum Gasteiger partial charge on any atom is 0.501 e. The first-order chi connectivity index (χ1) is 14.7. The summed E-state index contributed by atoms with van der Waals surface area (Å²) >= 11 is 0. The van der Waals surface area contributed by atoms with Crippen molar-refractivity contribution in [1.82, 2.24) is 14.1 Å². The van der Waals surface area contributed by atoms with Gasteiger partial charge in [0.2, 0.25) is 15.9 Å². The van der Waals surface area contributed by atoms with Gasteiger partial charge < -0.3 is 5.11 Å². The number of aromatic nitrogens is 3. The average Bonchev–Trinajstić information content (AvgIpc) is 2.94. The van der Waals surface area contributed by atoms with Crippen molar-refractivity contribution in [3.05, 3.63) is 65.0 Å². The van der Waals surface area contributed by atoms with Gasteiger partial charge in [-0.3, -0.25) is 14.3 Å². The van der Waals surface area contributed by atoms with E-state index in [9.17, 15) is 39.9 Å². The Hall–Kier alpha value is -3.33. The van der Waals surface area contributed by atoms with E-state index < -0.39 is 41.8 Å². The average molecular weight is 492 g/mol. The minimum atomic E-state index is -5.57. The van der Waals surface area contributed by atoms with E-state index in [4.69, 9.17) is 0 Å². The van der Waals surface area contributed by atoms with Crippen LogP contribution in [0.4, 0.5) is 18.9 Å². The summed E-state index contributed by atoms with van der Waals surface area (Å²) in [7, 11) is -9.20. The molecule has 15 heteroatoms. The zero-order valence-corrected chi connectivity index (χ0v) is 17.7. The smallest absolute Gasteiger partial charge is 0.493 e.